The van der Waals surface area contributed by atoms with E-state index in [2.05, 4.69) is 10.3 Å². The quantitative estimate of drug-likeness (QED) is 0.467. The van der Waals surface area contributed by atoms with E-state index in [0.29, 0.717) is 18.5 Å². The van der Waals surface area contributed by atoms with Crippen LogP contribution in [0.3, 0.4) is 0 Å². The van der Waals surface area contributed by atoms with E-state index in [1.54, 1.807) is 0 Å². The van der Waals surface area contributed by atoms with Gasteiger partial charge in [0.2, 0.25) is 0 Å². The van der Waals surface area contributed by atoms with Crippen molar-refractivity contribution in [3.05, 3.63) is 34.9 Å². The van der Waals surface area contributed by atoms with Crippen LogP contribution in [0.1, 0.15) is 37.7 Å². The van der Waals surface area contributed by atoms with E-state index >= 15 is 0 Å². The molecule has 0 atom stereocenters. The Morgan fingerprint density at radius 3 is 2.74 bits per heavy atom. The summed E-state index contributed by atoms with van der Waals surface area (Å²) < 4.78 is 0. The highest BCUT2D eigenvalue weighted by molar-refractivity contribution is 14.0. The highest BCUT2D eigenvalue weighted by atomic mass is 127. The number of halogens is 2. The normalized spacial score (nSPS) is 16.8. The molecule has 0 unspecified atom stereocenters. The minimum absolute atomic E-state index is 0. The SMILES string of the molecule is I.NC(=NCc1cccc(Cl)c1)NC1CCCCC1. The third-order valence-electron chi connectivity index (χ3n) is 3.28. The lowest BCUT2D eigenvalue weighted by molar-refractivity contribution is 0.412. The number of aliphatic imine (C=N–C) groups is 1. The Labute approximate surface area is 137 Å². The minimum Gasteiger partial charge on any atom is -0.370 e. The number of nitrogens with two attached hydrogens (primary N) is 1. The first kappa shape index (κ1) is 16.6. The van der Waals surface area contributed by atoms with Crippen molar-refractivity contribution in [1.82, 2.24) is 5.32 Å². The lowest BCUT2D eigenvalue weighted by atomic mass is 9.96. The van der Waals surface area contributed by atoms with E-state index in [4.69, 9.17) is 17.3 Å². The average Bonchev–Trinajstić information content (AvgIpc) is 2.38. The first-order chi connectivity index (χ1) is 8.74. The third kappa shape index (κ3) is 5.99. The zero-order chi connectivity index (χ0) is 12.8. The smallest absolute Gasteiger partial charge is 0.189 e. The van der Waals surface area contributed by atoms with Gasteiger partial charge in [0, 0.05) is 11.1 Å². The van der Waals surface area contributed by atoms with Gasteiger partial charge in [-0.05, 0) is 30.5 Å². The summed E-state index contributed by atoms with van der Waals surface area (Å²) in [6, 6.07) is 8.21. The van der Waals surface area contributed by atoms with Crippen molar-refractivity contribution in [1.29, 1.82) is 0 Å². The molecule has 106 valence electrons. The molecule has 1 saturated carbocycles. The summed E-state index contributed by atoms with van der Waals surface area (Å²) in [6.07, 6.45) is 6.33. The van der Waals surface area contributed by atoms with Crippen molar-refractivity contribution in [3.63, 3.8) is 0 Å². The molecule has 0 amide bonds. The molecule has 0 radical (unpaired) electrons. The van der Waals surface area contributed by atoms with E-state index in [1.165, 1.54) is 32.1 Å². The zero-order valence-corrected chi connectivity index (χ0v) is 14.0. The monoisotopic (exact) mass is 393 g/mol. The highest BCUT2D eigenvalue weighted by Crippen LogP contribution is 2.17. The van der Waals surface area contributed by atoms with Crippen LogP contribution in [0, 0.1) is 0 Å². The van der Waals surface area contributed by atoms with Gasteiger partial charge in [0.05, 0.1) is 6.54 Å². The Bertz CT molecular complexity index is 417. The molecule has 19 heavy (non-hydrogen) atoms. The second-order valence-electron chi connectivity index (χ2n) is 4.81. The number of rotatable bonds is 3. The van der Waals surface area contributed by atoms with Gasteiger partial charge in [-0.15, -0.1) is 24.0 Å². The molecule has 0 spiro atoms. The summed E-state index contributed by atoms with van der Waals surface area (Å²) in [5.41, 5.74) is 6.98. The van der Waals surface area contributed by atoms with E-state index in [0.717, 1.165) is 10.6 Å². The Morgan fingerprint density at radius 1 is 1.32 bits per heavy atom. The molecule has 1 aromatic rings. The van der Waals surface area contributed by atoms with Crippen molar-refractivity contribution in [2.24, 2.45) is 10.7 Å². The van der Waals surface area contributed by atoms with Crippen molar-refractivity contribution >= 4 is 41.5 Å². The molecule has 2 rings (SSSR count). The van der Waals surface area contributed by atoms with Gasteiger partial charge in [0.25, 0.3) is 0 Å². The van der Waals surface area contributed by atoms with Gasteiger partial charge in [-0.2, -0.15) is 0 Å². The standard InChI is InChI=1S/C14H20ClN3.HI/c15-12-6-4-5-11(9-12)10-17-14(16)18-13-7-2-1-3-8-13;/h4-6,9,13H,1-3,7-8,10H2,(H3,16,17,18);1H. The van der Waals surface area contributed by atoms with Gasteiger partial charge < -0.3 is 11.1 Å². The van der Waals surface area contributed by atoms with Gasteiger partial charge in [-0.1, -0.05) is 43.0 Å². The number of guanidine groups is 1. The molecule has 1 fully saturated rings. The first-order valence-electron chi connectivity index (χ1n) is 6.55. The largest absolute Gasteiger partial charge is 0.370 e. The summed E-state index contributed by atoms with van der Waals surface area (Å²) in [7, 11) is 0. The lowest BCUT2D eigenvalue weighted by Crippen LogP contribution is -2.41. The molecule has 1 aromatic carbocycles. The number of nitrogens with one attached hydrogen (secondary N) is 1. The van der Waals surface area contributed by atoms with E-state index in [9.17, 15) is 0 Å². The van der Waals surface area contributed by atoms with E-state index in [1.807, 2.05) is 24.3 Å². The molecule has 3 N–H and O–H groups in total. The lowest BCUT2D eigenvalue weighted by Gasteiger charge is -2.23. The zero-order valence-electron chi connectivity index (χ0n) is 10.9. The van der Waals surface area contributed by atoms with Crippen LogP contribution >= 0.6 is 35.6 Å². The van der Waals surface area contributed by atoms with Crippen LogP contribution in [0.25, 0.3) is 0 Å². The Kier molecular flexibility index (Phi) is 7.53. The third-order valence-corrected chi connectivity index (χ3v) is 3.51. The summed E-state index contributed by atoms with van der Waals surface area (Å²) in [4.78, 5) is 4.35. The van der Waals surface area contributed by atoms with Crippen LogP contribution in [-0.2, 0) is 6.54 Å². The molecule has 0 saturated heterocycles. The molecule has 1 aliphatic rings. The molecule has 0 aromatic heterocycles. The predicted molar refractivity (Wildman–Crippen MR) is 92.2 cm³/mol. The first-order valence-corrected chi connectivity index (χ1v) is 6.93. The topological polar surface area (TPSA) is 50.4 Å². The molecule has 3 nitrogen and oxygen atoms in total. The molecular formula is C14H21ClIN3. The summed E-state index contributed by atoms with van der Waals surface area (Å²) >= 11 is 5.92. The molecule has 0 heterocycles. The maximum Gasteiger partial charge on any atom is 0.189 e. The summed E-state index contributed by atoms with van der Waals surface area (Å²) in [5.74, 6) is 0.543. The van der Waals surface area contributed by atoms with Crippen LogP contribution in [0.5, 0.6) is 0 Å². The van der Waals surface area contributed by atoms with Crippen molar-refractivity contribution in [3.8, 4) is 0 Å². The molecule has 5 heteroatoms. The Hall–Kier alpha value is -0.490. The highest BCUT2D eigenvalue weighted by Gasteiger charge is 2.13. The summed E-state index contributed by atoms with van der Waals surface area (Å²) in [6.45, 7) is 0.576. The van der Waals surface area contributed by atoms with Crippen LogP contribution < -0.4 is 11.1 Å². The molecule has 0 bridgehead atoms. The maximum absolute atomic E-state index is 5.92. The van der Waals surface area contributed by atoms with Crippen LogP contribution in [-0.4, -0.2) is 12.0 Å². The Morgan fingerprint density at radius 2 is 2.05 bits per heavy atom. The predicted octanol–water partition coefficient (Wildman–Crippen LogP) is 3.70. The van der Waals surface area contributed by atoms with Crippen LogP contribution in [0.15, 0.2) is 29.3 Å². The van der Waals surface area contributed by atoms with Gasteiger partial charge in [-0.3, -0.25) is 0 Å². The second-order valence-corrected chi connectivity index (χ2v) is 5.25. The fourth-order valence-electron chi connectivity index (χ4n) is 2.31. The molecule has 1 aliphatic carbocycles. The van der Waals surface area contributed by atoms with Gasteiger partial charge in [-0.25, -0.2) is 4.99 Å². The van der Waals surface area contributed by atoms with Gasteiger partial charge in [0.1, 0.15) is 0 Å². The fraction of sp³-hybridized carbons (Fsp3) is 0.500. The van der Waals surface area contributed by atoms with Crippen molar-refractivity contribution in [2.75, 3.05) is 0 Å². The van der Waals surface area contributed by atoms with Crippen LogP contribution in [0.2, 0.25) is 5.02 Å². The molecule has 0 aliphatic heterocycles. The van der Waals surface area contributed by atoms with Crippen molar-refractivity contribution in [2.45, 2.75) is 44.7 Å². The average molecular weight is 394 g/mol. The van der Waals surface area contributed by atoms with Crippen molar-refractivity contribution < 1.29 is 0 Å². The number of nitrogens with zero attached hydrogens (tertiary/aromatic N) is 1. The molecular weight excluding hydrogens is 373 g/mol. The van der Waals surface area contributed by atoms with Gasteiger partial charge in [0.15, 0.2) is 5.96 Å². The van der Waals surface area contributed by atoms with Gasteiger partial charge >= 0.3 is 0 Å². The number of hydrogen-bond donors (Lipinski definition) is 2. The minimum atomic E-state index is 0. The summed E-state index contributed by atoms with van der Waals surface area (Å²) in [5, 5.41) is 4.04. The second kappa shape index (κ2) is 8.64. The number of hydrogen-bond acceptors (Lipinski definition) is 1. The fourth-order valence-corrected chi connectivity index (χ4v) is 2.53. The number of benzene rings is 1. The Balaban J connectivity index is 0.00000180. The van der Waals surface area contributed by atoms with E-state index < -0.39 is 0 Å². The maximum atomic E-state index is 5.92. The van der Waals surface area contributed by atoms with E-state index in [-0.39, 0.29) is 24.0 Å². The van der Waals surface area contributed by atoms with Crippen LogP contribution in [0.4, 0.5) is 0 Å².